The zero-order chi connectivity index (χ0) is 15.2. The fraction of sp³-hybridized carbons (Fsp3) is 0.231. The molecule has 2 rings (SSSR count). The molecule has 0 saturated heterocycles. The van der Waals surface area contributed by atoms with Crippen LogP contribution in [0.2, 0.25) is 10.0 Å². The van der Waals surface area contributed by atoms with Gasteiger partial charge in [0.15, 0.2) is 5.82 Å². The minimum atomic E-state index is 0.263. The number of nitrogens with one attached hydrogen (secondary N) is 1. The van der Waals surface area contributed by atoms with E-state index in [1.807, 2.05) is 6.92 Å². The van der Waals surface area contributed by atoms with E-state index in [4.69, 9.17) is 38.5 Å². The van der Waals surface area contributed by atoms with Crippen molar-refractivity contribution in [2.75, 3.05) is 12.0 Å². The number of hydrogen-bond acceptors (Lipinski definition) is 6. The van der Waals surface area contributed by atoms with E-state index < -0.39 is 0 Å². The van der Waals surface area contributed by atoms with E-state index in [1.165, 1.54) is 0 Å². The molecule has 0 bridgehead atoms. The average molecular weight is 329 g/mol. The highest BCUT2D eigenvalue weighted by Crippen LogP contribution is 2.28. The summed E-state index contributed by atoms with van der Waals surface area (Å²) in [7, 11) is 0. The molecule has 0 radical (unpaired) electrons. The lowest BCUT2D eigenvalue weighted by Crippen LogP contribution is -2.11. The summed E-state index contributed by atoms with van der Waals surface area (Å²) in [6.45, 7) is 2.71. The fourth-order valence-electron chi connectivity index (χ4n) is 1.57. The van der Waals surface area contributed by atoms with E-state index >= 15 is 0 Å². The van der Waals surface area contributed by atoms with Gasteiger partial charge in [-0.05, 0) is 25.1 Å². The van der Waals surface area contributed by atoms with Gasteiger partial charge in [0.2, 0.25) is 5.88 Å². The van der Waals surface area contributed by atoms with Crippen LogP contribution in [0, 0.1) is 0 Å². The highest BCUT2D eigenvalue weighted by atomic mass is 35.5. The summed E-state index contributed by atoms with van der Waals surface area (Å²) in [5, 5.41) is 0.941. The second-order valence-electron chi connectivity index (χ2n) is 4.00. The van der Waals surface area contributed by atoms with Crippen molar-refractivity contribution in [2.45, 2.75) is 13.5 Å². The molecule has 0 fully saturated rings. The number of rotatable bonds is 6. The van der Waals surface area contributed by atoms with Crippen LogP contribution in [-0.2, 0) is 11.3 Å². The Kier molecular flexibility index (Phi) is 5.58. The maximum atomic E-state index is 5.93. The molecular formula is C13H14Cl2N4O2. The molecule has 1 aromatic heterocycles. The van der Waals surface area contributed by atoms with Crippen molar-refractivity contribution in [3.63, 3.8) is 0 Å². The Bertz CT molecular complexity index is 605. The number of benzene rings is 1. The summed E-state index contributed by atoms with van der Waals surface area (Å²) in [5.74, 6) is 7.03. The minimum absolute atomic E-state index is 0.263. The van der Waals surface area contributed by atoms with Crippen LogP contribution in [0.5, 0.6) is 11.6 Å². The molecular weight excluding hydrogens is 315 g/mol. The first-order valence-corrected chi connectivity index (χ1v) is 6.92. The molecule has 0 aliphatic heterocycles. The third kappa shape index (κ3) is 4.71. The third-order valence-electron chi connectivity index (χ3n) is 2.39. The van der Waals surface area contributed by atoms with Crippen molar-refractivity contribution in [1.82, 2.24) is 9.97 Å². The molecule has 1 heterocycles. The zero-order valence-corrected chi connectivity index (χ0v) is 12.8. The SMILES string of the molecule is CCOCc1nc(NN)cc(Oc2cc(Cl)cc(Cl)c2)n1. The summed E-state index contributed by atoms with van der Waals surface area (Å²) in [6.07, 6.45) is 0. The zero-order valence-electron chi connectivity index (χ0n) is 11.3. The van der Waals surface area contributed by atoms with Gasteiger partial charge in [-0.25, -0.2) is 10.8 Å². The molecule has 0 unspecified atom stereocenters. The molecule has 2 aromatic rings. The van der Waals surface area contributed by atoms with Crippen molar-refractivity contribution in [1.29, 1.82) is 0 Å². The first kappa shape index (κ1) is 15.8. The lowest BCUT2D eigenvalue weighted by Gasteiger charge is -2.09. The summed E-state index contributed by atoms with van der Waals surface area (Å²) in [5.41, 5.74) is 2.45. The molecule has 21 heavy (non-hydrogen) atoms. The van der Waals surface area contributed by atoms with Crippen LogP contribution < -0.4 is 16.0 Å². The molecule has 112 valence electrons. The number of nitrogens with two attached hydrogens (primary N) is 1. The second kappa shape index (κ2) is 7.42. The Morgan fingerprint density at radius 1 is 1.14 bits per heavy atom. The van der Waals surface area contributed by atoms with Gasteiger partial charge in [-0.1, -0.05) is 23.2 Å². The lowest BCUT2D eigenvalue weighted by molar-refractivity contribution is 0.128. The normalized spacial score (nSPS) is 10.5. The van der Waals surface area contributed by atoms with Gasteiger partial charge in [-0.2, -0.15) is 4.98 Å². The molecule has 0 atom stereocenters. The van der Waals surface area contributed by atoms with Gasteiger partial charge in [-0.15, -0.1) is 0 Å². The number of hydrazine groups is 1. The maximum Gasteiger partial charge on any atom is 0.224 e. The summed E-state index contributed by atoms with van der Waals surface area (Å²) in [4.78, 5) is 8.40. The van der Waals surface area contributed by atoms with Crippen molar-refractivity contribution < 1.29 is 9.47 Å². The number of nitrogen functional groups attached to an aromatic ring is 1. The second-order valence-corrected chi connectivity index (χ2v) is 4.87. The smallest absolute Gasteiger partial charge is 0.224 e. The van der Waals surface area contributed by atoms with Crippen molar-refractivity contribution in [2.24, 2.45) is 5.84 Å². The Morgan fingerprint density at radius 2 is 1.86 bits per heavy atom. The molecule has 6 nitrogen and oxygen atoms in total. The summed E-state index contributed by atoms with van der Waals surface area (Å²) in [6, 6.07) is 6.44. The van der Waals surface area contributed by atoms with Gasteiger partial charge in [0.05, 0.1) is 0 Å². The molecule has 0 spiro atoms. The number of aromatic nitrogens is 2. The van der Waals surface area contributed by atoms with Gasteiger partial charge in [-0.3, -0.25) is 0 Å². The Hall–Kier alpha value is -1.60. The van der Waals surface area contributed by atoms with Gasteiger partial charge in [0.1, 0.15) is 18.2 Å². The Labute approximate surface area is 132 Å². The highest BCUT2D eigenvalue weighted by molar-refractivity contribution is 6.34. The van der Waals surface area contributed by atoms with E-state index in [-0.39, 0.29) is 6.61 Å². The third-order valence-corrected chi connectivity index (χ3v) is 2.83. The first-order chi connectivity index (χ1) is 10.1. The first-order valence-electron chi connectivity index (χ1n) is 6.17. The number of anilines is 1. The number of nitrogens with zero attached hydrogens (tertiary/aromatic N) is 2. The fourth-order valence-corrected chi connectivity index (χ4v) is 2.07. The molecule has 1 aromatic carbocycles. The standard InChI is InChI=1S/C13H14Cl2N4O2/c1-2-20-7-12-17-11(19-16)6-13(18-12)21-10-4-8(14)3-9(15)5-10/h3-6H,2,7,16H2,1H3,(H,17,18,19). The number of halogens is 2. The minimum Gasteiger partial charge on any atom is -0.439 e. The van der Waals surface area contributed by atoms with Gasteiger partial charge >= 0.3 is 0 Å². The van der Waals surface area contributed by atoms with Crippen LogP contribution >= 0.6 is 23.2 Å². The molecule has 0 aliphatic rings. The quantitative estimate of drug-likeness (QED) is 0.624. The lowest BCUT2D eigenvalue weighted by atomic mass is 10.3. The predicted octanol–water partition coefficient (Wildman–Crippen LogP) is 3.40. The Balaban J connectivity index is 2.25. The molecule has 0 saturated carbocycles. The van der Waals surface area contributed by atoms with E-state index in [0.717, 1.165) is 0 Å². The molecule has 0 aliphatic carbocycles. The molecule has 8 heteroatoms. The monoisotopic (exact) mass is 328 g/mol. The average Bonchev–Trinajstić information content (AvgIpc) is 2.43. The molecule has 0 amide bonds. The largest absolute Gasteiger partial charge is 0.439 e. The van der Waals surface area contributed by atoms with E-state index in [9.17, 15) is 0 Å². The van der Waals surface area contributed by atoms with E-state index in [0.29, 0.717) is 39.9 Å². The summed E-state index contributed by atoms with van der Waals surface area (Å²) >= 11 is 11.9. The van der Waals surface area contributed by atoms with Crippen LogP contribution in [0.1, 0.15) is 12.7 Å². The predicted molar refractivity (Wildman–Crippen MR) is 81.7 cm³/mol. The van der Waals surface area contributed by atoms with Crippen LogP contribution in [0.25, 0.3) is 0 Å². The van der Waals surface area contributed by atoms with Crippen molar-refractivity contribution >= 4 is 29.0 Å². The Morgan fingerprint density at radius 3 is 2.48 bits per heavy atom. The maximum absolute atomic E-state index is 5.93. The van der Waals surface area contributed by atoms with Crippen LogP contribution in [0.3, 0.4) is 0 Å². The van der Waals surface area contributed by atoms with Crippen molar-refractivity contribution in [3.8, 4) is 11.6 Å². The highest BCUT2D eigenvalue weighted by Gasteiger charge is 2.07. The van der Waals surface area contributed by atoms with Gasteiger partial charge < -0.3 is 14.9 Å². The van der Waals surface area contributed by atoms with E-state index in [1.54, 1.807) is 24.3 Å². The van der Waals surface area contributed by atoms with Crippen molar-refractivity contribution in [3.05, 3.63) is 40.1 Å². The molecule has 3 N–H and O–H groups in total. The number of ether oxygens (including phenoxy) is 2. The van der Waals surface area contributed by atoms with Gasteiger partial charge in [0, 0.05) is 22.7 Å². The van der Waals surface area contributed by atoms with Crippen LogP contribution in [0.4, 0.5) is 5.82 Å². The topological polar surface area (TPSA) is 82.3 Å². The number of hydrogen-bond donors (Lipinski definition) is 2. The van der Waals surface area contributed by atoms with Gasteiger partial charge in [0.25, 0.3) is 0 Å². The summed E-state index contributed by atoms with van der Waals surface area (Å²) < 4.78 is 10.9. The van der Waals surface area contributed by atoms with Crippen LogP contribution in [0.15, 0.2) is 24.3 Å². The van der Waals surface area contributed by atoms with Crippen LogP contribution in [-0.4, -0.2) is 16.6 Å². The van der Waals surface area contributed by atoms with E-state index in [2.05, 4.69) is 15.4 Å².